The molecule has 1 aromatic carbocycles. The number of rotatable bonds is 3. The quantitative estimate of drug-likeness (QED) is 0.750. The topological polar surface area (TPSA) is 74.6 Å². The summed E-state index contributed by atoms with van der Waals surface area (Å²) in [5.74, 6) is -4.31. The summed E-state index contributed by atoms with van der Waals surface area (Å²) < 4.78 is 0. The fraction of sp³-hybridized carbons (Fsp3) is 0.111. The number of carbonyl (C=O) groups is 2. The van der Waals surface area contributed by atoms with E-state index in [9.17, 15) is 9.59 Å². The van der Waals surface area contributed by atoms with Gasteiger partial charge in [-0.05, 0) is 17.7 Å². The first-order valence-electron chi connectivity index (χ1n) is 3.73. The van der Waals surface area contributed by atoms with Crippen LogP contribution < -0.4 is 0 Å². The van der Waals surface area contributed by atoms with Crippen LogP contribution >= 0.6 is 11.6 Å². The Balaban J connectivity index is 3.06. The van der Waals surface area contributed by atoms with Crippen LogP contribution in [0.1, 0.15) is 11.5 Å². The summed E-state index contributed by atoms with van der Waals surface area (Å²) in [5.41, 5.74) is 0.203. The molecule has 0 saturated carbocycles. The number of carboxylic acids is 2. The number of halogens is 1. The molecule has 0 saturated heterocycles. The molecule has 0 aromatic heterocycles. The third-order valence-electron chi connectivity index (χ3n) is 1.70. The molecule has 0 aliphatic carbocycles. The van der Waals surface area contributed by atoms with Crippen LogP contribution in [0.4, 0.5) is 0 Å². The van der Waals surface area contributed by atoms with Crippen LogP contribution in [-0.2, 0) is 9.59 Å². The minimum Gasteiger partial charge on any atom is -0.480 e. The Bertz CT molecular complexity index is 344. The Kier molecular flexibility index (Phi) is 3.09. The minimum absolute atomic E-state index is 0.203. The van der Waals surface area contributed by atoms with E-state index in [2.05, 4.69) is 0 Å². The molecule has 0 atom stereocenters. The summed E-state index contributed by atoms with van der Waals surface area (Å²) in [4.78, 5) is 21.2. The molecule has 14 heavy (non-hydrogen) atoms. The van der Waals surface area contributed by atoms with Gasteiger partial charge < -0.3 is 10.2 Å². The van der Waals surface area contributed by atoms with E-state index in [1.807, 2.05) is 0 Å². The third kappa shape index (κ3) is 2.23. The van der Waals surface area contributed by atoms with E-state index in [1.54, 1.807) is 0 Å². The average Bonchev–Trinajstić information content (AvgIpc) is 2.07. The van der Waals surface area contributed by atoms with Crippen LogP contribution in [0.2, 0.25) is 5.02 Å². The molecule has 2 N–H and O–H groups in total. The largest absolute Gasteiger partial charge is 0.480 e. The van der Waals surface area contributed by atoms with Crippen LogP contribution in [-0.4, -0.2) is 22.2 Å². The van der Waals surface area contributed by atoms with E-state index in [0.29, 0.717) is 5.02 Å². The smallest absolute Gasteiger partial charge is 0.322 e. The van der Waals surface area contributed by atoms with Gasteiger partial charge in [-0.25, -0.2) is 0 Å². The molecule has 1 aromatic rings. The van der Waals surface area contributed by atoms with Crippen molar-refractivity contribution in [1.29, 1.82) is 0 Å². The molecule has 0 fully saturated rings. The first kappa shape index (κ1) is 10.5. The lowest BCUT2D eigenvalue weighted by Crippen LogP contribution is -2.20. The van der Waals surface area contributed by atoms with Crippen molar-refractivity contribution < 1.29 is 19.8 Å². The highest BCUT2D eigenvalue weighted by Crippen LogP contribution is 2.18. The SMILES string of the molecule is O=C(O)C(C(=O)O)c1ccc(Cl)cc1. The van der Waals surface area contributed by atoms with Crippen LogP contribution in [0, 0.1) is 0 Å². The van der Waals surface area contributed by atoms with Gasteiger partial charge in [-0.2, -0.15) is 0 Å². The number of hydrogen-bond donors (Lipinski definition) is 2. The lowest BCUT2D eigenvalue weighted by atomic mass is 10.00. The Morgan fingerprint density at radius 2 is 1.50 bits per heavy atom. The summed E-state index contributed by atoms with van der Waals surface area (Å²) in [5, 5.41) is 17.7. The van der Waals surface area contributed by atoms with Gasteiger partial charge in [0.2, 0.25) is 0 Å². The van der Waals surface area contributed by atoms with Gasteiger partial charge in [-0.3, -0.25) is 9.59 Å². The van der Waals surface area contributed by atoms with E-state index in [1.165, 1.54) is 24.3 Å². The van der Waals surface area contributed by atoms with Gasteiger partial charge in [0.25, 0.3) is 0 Å². The predicted octanol–water partition coefficient (Wildman–Crippen LogP) is 1.59. The zero-order valence-electron chi connectivity index (χ0n) is 6.98. The molecule has 74 valence electrons. The molecular weight excluding hydrogens is 208 g/mol. The van der Waals surface area contributed by atoms with Crippen molar-refractivity contribution in [3.05, 3.63) is 34.9 Å². The van der Waals surface area contributed by atoms with Gasteiger partial charge in [-0.1, -0.05) is 23.7 Å². The Hall–Kier alpha value is -1.55. The number of aliphatic carboxylic acids is 2. The second kappa shape index (κ2) is 4.11. The molecule has 0 amide bonds. The number of hydrogen-bond acceptors (Lipinski definition) is 2. The average molecular weight is 215 g/mol. The normalized spacial score (nSPS) is 10.1. The fourth-order valence-electron chi connectivity index (χ4n) is 1.05. The van der Waals surface area contributed by atoms with Gasteiger partial charge in [0.05, 0.1) is 0 Å². The second-order valence-corrected chi connectivity index (χ2v) is 3.10. The van der Waals surface area contributed by atoms with Gasteiger partial charge in [0, 0.05) is 5.02 Å². The van der Waals surface area contributed by atoms with Crippen molar-refractivity contribution in [2.45, 2.75) is 5.92 Å². The number of benzene rings is 1. The van der Waals surface area contributed by atoms with Crippen LogP contribution in [0.15, 0.2) is 24.3 Å². The van der Waals surface area contributed by atoms with Gasteiger partial charge in [0.1, 0.15) is 0 Å². The van der Waals surface area contributed by atoms with Crippen molar-refractivity contribution >= 4 is 23.5 Å². The zero-order chi connectivity index (χ0) is 10.7. The Morgan fingerprint density at radius 1 is 1.07 bits per heavy atom. The van der Waals surface area contributed by atoms with E-state index >= 15 is 0 Å². The Labute approximate surface area is 84.7 Å². The maximum Gasteiger partial charge on any atom is 0.322 e. The zero-order valence-corrected chi connectivity index (χ0v) is 7.73. The molecule has 0 spiro atoms. The van der Waals surface area contributed by atoms with Gasteiger partial charge in [-0.15, -0.1) is 0 Å². The summed E-state index contributed by atoms with van der Waals surface area (Å²) in [6.45, 7) is 0. The minimum atomic E-state index is -1.53. The molecular formula is C9H7ClO4. The fourth-order valence-corrected chi connectivity index (χ4v) is 1.17. The molecule has 5 heteroatoms. The molecule has 0 radical (unpaired) electrons. The van der Waals surface area contributed by atoms with Crippen molar-refractivity contribution in [2.75, 3.05) is 0 Å². The van der Waals surface area contributed by atoms with Gasteiger partial charge in [0.15, 0.2) is 5.92 Å². The third-order valence-corrected chi connectivity index (χ3v) is 1.95. The molecule has 0 aliphatic heterocycles. The Morgan fingerprint density at radius 3 is 1.86 bits per heavy atom. The van der Waals surface area contributed by atoms with Crippen LogP contribution in [0.5, 0.6) is 0 Å². The van der Waals surface area contributed by atoms with Crippen LogP contribution in [0.25, 0.3) is 0 Å². The molecule has 0 unspecified atom stereocenters. The van der Waals surface area contributed by atoms with Crippen molar-refractivity contribution in [1.82, 2.24) is 0 Å². The maximum absolute atomic E-state index is 10.6. The lowest BCUT2D eigenvalue weighted by Gasteiger charge is -2.06. The maximum atomic E-state index is 10.6. The van der Waals surface area contributed by atoms with Crippen molar-refractivity contribution in [2.24, 2.45) is 0 Å². The highest BCUT2D eigenvalue weighted by Gasteiger charge is 2.27. The standard InChI is InChI=1S/C9H7ClO4/c10-6-3-1-5(2-4-6)7(8(11)12)9(13)14/h1-4,7H,(H,11,12)(H,13,14). The lowest BCUT2D eigenvalue weighted by molar-refractivity contribution is -0.150. The highest BCUT2D eigenvalue weighted by molar-refractivity contribution is 6.30. The van der Waals surface area contributed by atoms with Crippen molar-refractivity contribution in [3.63, 3.8) is 0 Å². The summed E-state index contributed by atoms with van der Waals surface area (Å²) >= 11 is 5.58. The highest BCUT2D eigenvalue weighted by atomic mass is 35.5. The molecule has 0 bridgehead atoms. The second-order valence-electron chi connectivity index (χ2n) is 2.66. The molecule has 0 heterocycles. The molecule has 0 aliphatic rings. The van der Waals surface area contributed by atoms with Crippen LogP contribution in [0.3, 0.4) is 0 Å². The monoisotopic (exact) mass is 214 g/mol. The summed E-state index contributed by atoms with van der Waals surface area (Å²) in [6.07, 6.45) is 0. The van der Waals surface area contributed by atoms with Gasteiger partial charge >= 0.3 is 11.9 Å². The molecule has 1 rings (SSSR count). The van der Waals surface area contributed by atoms with E-state index in [-0.39, 0.29) is 5.56 Å². The summed E-state index contributed by atoms with van der Waals surface area (Å²) in [6, 6.07) is 5.68. The van der Waals surface area contributed by atoms with E-state index in [4.69, 9.17) is 21.8 Å². The molecule has 4 nitrogen and oxygen atoms in total. The first-order valence-corrected chi connectivity index (χ1v) is 4.11. The first-order chi connectivity index (χ1) is 6.52. The summed E-state index contributed by atoms with van der Waals surface area (Å²) in [7, 11) is 0. The number of carboxylic acid groups (broad SMARTS) is 2. The van der Waals surface area contributed by atoms with E-state index < -0.39 is 17.9 Å². The predicted molar refractivity (Wildman–Crippen MR) is 49.5 cm³/mol. The van der Waals surface area contributed by atoms with Crippen molar-refractivity contribution in [3.8, 4) is 0 Å². The van der Waals surface area contributed by atoms with E-state index in [0.717, 1.165) is 0 Å².